The van der Waals surface area contributed by atoms with Gasteiger partial charge in [0.05, 0.1) is 12.7 Å². The summed E-state index contributed by atoms with van der Waals surface area (Å²) >= 11 is 0. The minimum atomic E-state index is 0.402. The Bertz CT molecular complexity index is 147. The second kappa shape index (κ2) is 4.97. The molecule has 0 bridgehead atoms. The molecule has 2 heteroatoms. The third-order valence-corrected chi connectivity index (χ3v) is 3.14. The van der Waals surface area contributed by atoms with Crippen molar-refractivity contribution in [3.63, 3.8) is 0 Å². The van der Waals surface area contributed by atoms with Gasteiger partial charge in [-0.3, -0.25) is 0 Å². The molecule has 0 spiro atoms. The summed E-state index contributed by atoms with van der Waals surface area (Å²) < 4.78 is 5.88. The Morgan fingerprint density at radius 3 is 2.69 bits per heavy atom. The first-order chi connectivity index (χ1) is 6.15. The highest BCUT2D eigenvalue weighted by Crippen LogP contribution is 2.17. The Kier molecular flexibility index (Phi) is 4.20. The maximum Gasteiger partial charge on any atom is 0.0722 e. The lowest BCUT2D eigenvalue weighted by molar-refractivity contribution is 0.0187. The molecule has 0 radical (unpaired) electrons. The second-order valence-corrected chi connectivity index (χ2v) is 4.48. The van der Waals surface area contributed by atoms with Crippen molar-refractivity contribution < 1.29 is 4.74 Å². The lowest BCUT2D eigenvalue weighted by Crippen LogP contribution is -2.36. The summed E-state index contributed by atoms with van der Waals surface area (Å²) in [7, 11) is 0. The number of nitrogens with one attached hydrogen (secondary N) is 1. The Hall–Kier alpha value is -0.0800. The van der Waals surface area contributed by atoms with Gasteiger partial charge in [-0.1, -0.05) is 20.8 Å². The third kappa shape index (κ3) is 2.96. The van der Waals surface area contributed by atoms with Crippen molar-refractivity contribution >= 4 is 0 Å². The summed E-state index contributed by atoms with van der Waals surface area (Å²) in [6.07, 6.45) is 1.61. The Morgan fingerprint density at radius 2 is 2.15 bits per heavy atom. The molecule has 1 fully saturated rings. The highest BCUT2D eigenvalue weighted by atomic mass is 16.5. The van der Waals surface area contributed by atoms with Crippen LogP contribution in [0.2, 0.25) is 0 Å². The zero-order valence-electron chi connectivity index (χ0n) is 9.34. The van der Waals surface area contributed by atoms with Crippen LogP contribution in [0.3, 0.4) is 0 Å². The van der Waals surface area contributed by atoms with Crippen molar-refractivity contribution in [1.82, 2.24) is 5.32 Å². The monoisotopic (exact) mass is 185 g/mol. The van der Waals surface area contributed by atoms with Crippen LogP contribution >= 0.6 is 0 Å². The van der Waals surface area contributed by atoms with Crippen LogP contribution in [0.25, 0.3) is 0 Å². The molecule has 1 rings (SSSR count). The fraction of sp³-hybridized carbons (Fsp3) is 1.00. The molecule has 13 heavy (non-hydrogen) atoms. The van der Waals surface area contributed by atoms with Crippen LogP contribution in [0.1, 0.15) is 34.1 Å². The molecule has 1 saturated heterocycles. The van der Waals surface area contributed by atoms with Crippen molar-refractivity contribution in [3.8, 4) is 0 Å². The van der Waals surface area contributed by atoms with Crippen LogP contribution in [-0.2, 0) is 4.74 Å². The summed E-state index contributed by atoms with van der Waals surface area (Å²) in [6, 6.07) is 0.605. The molecular formula is C11H23NO. The summed E-state index contributed by atoms with van der Waals surface area (Å²) in [5.41, 5.74) is 0. The summed E-state index contributed by atoms with van der Waals surface area (Å²) in [4.78, 5) is 0. The summed E-state index contributed by atoms with van der Waals surface area (Å²) in [5, 5.41) is 3.55. The van der Waals surface area contributed by atoms with Crippen molar-refractivity contribution in [1.29, 1.82) is 0 Å². The van der Waals surface area contributed by atoms with Gasteiger partial charge < -0.3 is 10.1 Å². The van der Waals surface area contributed by atoms with Crippen molar-refractivity contribution in [2.24, 2.45) is 11.8 Å². The molecule has 78 valence electrons. The van der Waals surface area contributed by atoms with Crippen LogP contribution in [0, 0.1) is 11.8 Å². The van der Waals surface area contributed by atoms with Crippen molar-refractivity contribution in [2.75, 3.05) is 13.2 Å². The smallest absolute Gasteiger partial charge is 0.0722 e. The van der Waals surface area contributed by atoms with E-state index in [0.29, 0.717) is 24.0 Å². The highest BCUT2D eigenvalue weighted by molar-refractivity contribution is 4.78. The van der Waals surface area contributed by atoms with E-state index in [2.05, 4.69) is 33.0 Å². The fourth-order valence-electron chi connectivity index (χ4n) is 1.82. The first-order valence-corrected chi connectivity index (χ1v) is 5.50. The van der Waals surface area contributed by atoms with Crippen LogP contribution in [0.4, 0.5) is 0 Å². The van der Waals surface area contributed by atoms with E-state index in [-0.39, 0.29) is 0 Å². The van der Waals surface area contributed by atoms with E-state index in [1.165, 1.54) is 6.42 Å². The topological polar surface area (TPSA) is 21.3 Å². The van der Waals surface area contributed by atoms with Crippen LogP contribution in [0.15, 0.2) is 0 Å². The molecule has 1 aliphatic heterocycles. The average Bonchev–Trinajstić information content (AvgIpc) is 2.27. The highest BCUT2D eigenvalue weighted by Gasteiger charge is 2.24. The van der Waals surface area contributed by atoms with Crippen LogP contribution in [-0.4, -0.2) is 25.3 Å². The molecule has 0 aromatic heterocycles. The molecular weight excluding hydrogens is 162 g/mol. The summed E-state index contributed by atoms with van der Waals surface area (Å²) in [5.74, 6) is 1.30. The molecule has 1 aliphatic rings. The molecule has 0 amide bonds. The molecule has 0 aromatic carbocycles. The van der Waals surface area contributed by atoms with E-state index in [1.807, 2.05) is 0 Å². The average molecular weight is 185 g/mol. The van der Waals surface area contributed by atoms with Gasteiger partial charge in [0.2, 0.25) is 0 Å². The number of hydrogen-bond acceptors (Lipinski definition) is 2. The number of rotatable bonds is 2. The van der Waals surface area contributed by atoms with Crippen LogP contribution < -0.4 is 5.32 Å². The van der Waals surface area contributed by atoms with Gasteiger partial charge in [-0.25, -0.2) is 0 Å². The predicted molar refractivity (Wildman–Crippen MR) is 55.8 cm³/mol. The minimum absolute atomic E-state index is 0.402. The van der Waals surface area contributed by atoms with E-state index in [4.69, 9.17) is 4.74 Å². The van der Waals surface area contributed by atoms with E-state index < -0.39 is 0 Å². The first-order valence-electron chi connectivity index (χ1n) is 5.50. The second-order valence-electron chi connectivity index (χ2n) is 4.48. The summed E-state index contributed by atoms with van der Waals surface area (Å²) in [6.45, 7) is 10.9. The first kappa shape index (κ1) is 11.0. The van der Waals surface area contributed by atoms with Gasteiger partial charge >= 0.3 is 0 Å². The zero-order valence-corrected chi connectivity index (χ0v) is 9.34. The SMILES string of the molecule is CCC1COC(C(C)C)CNC1C. The molecule has 0 saturated carbocycles. The number of ether oxygens (including phenoxy) is 1. The largest absolute Gasteiger partial charge is 0.376 e. The number of hydrogen-bond donors (Lipinski definition) is 1. The van der Waals surface area contributed by atoms with Crippen LogP contribution in [0.5, 0.6) is 0 Å². The van der Waals surface area contributed by atoms with E-state index in [9.17, 15) is 0 Å². The molecule has 3 unspecified atom stereocenters. The molecule has 2 nitrogen and oxygen atoms in total. The lowest BCUT2D eigenvalue weighted by atomic mass is 10.00. The standard InChI is InChI=1S/C11H23NO/c1-5-10-7-13-11(8(2)3)6-12-9(10)4/h8-12H,5-7H2,1-4H3. The molecule has 1 heterocycles. The van der Waals surface area contributed by atoms with E-state index >= 15 is 0 Å². The Labute approximate surface area is 82.0 Å². The zero-order chi connectivity index (χ0) is 9.84. The van der Waals surface area contributed by atoms with Gasteiger partial charge in [0.1, 0.15) is 0 Å². The Balaban J connectivity index is 2.46. The van der Waals surface area contributed by atoms with Gasteiger partial charge in [-0.05, 0) is 25.2 Å². The van der Waals surface area contributed by atoms with Gasteiger partial charge in [0.15, 0.2) is 0 Å². The van der Waals surface area contributed by atoms with Crippen molar-refractivity contribution in [2.45, 2.75) is 46.3 Å². The fourth-order valence-corrected chi connectivity index (χ4v) is 1.82. The molecule has 0 aromatic rings. The Morgan fingerprint density at radius 1 is 1.46 bits per heavy atom. The predicted octanol–water partition coefficient (Wildman–Crippen LogP) is 2.05. The lowest BCUT2D eigenvalue weighted by Gasteiger charge is -2.19. The minimum Gasteiger partial charge on any atom is -0.376 e. The molecule has 1 N–H and O–H groups in total. The van der Waals surface area contributed by atoms with Gasteiger partial charge in [-0.2, -0.15) is 0 Å². The maximum atomic E-state index is 5.88. The maximum absolute atomic E-state index is 5.88. The van der Waals surface area contributed by atoms with Crippen molar-refractivity contribution in [3.05, 3.63) is 0 Å². The van der Waals surface area contributed by atoms with E-state index in [1.54, 1.807) is 0 Å². The van der Waals surface area contributed by atoms with Gasteiger partial charge in [0.25, 0.3) is 0 Å². The molecule has 0 aliphatic carbocycles. The third-order valence-electron chi connectivity index (χ3n) is 3.14. The quantitative estimate of drug-likeness (QED) is 0.711. The van der Waals surface area contributed by atoms with Gasteiger partial charge in [-0.15, -0.1) is 0 Å². The normalized spacial score (nSPS) is 36.2. The molecule has 3 atom stereocenters. The van der Waals surface area contributed by atoms with Gasteiger partial charge in [0, 0.05) is 12.6 Å². The van der Waals surface area contributed by atoms with E-state index in [0.717, 1.165) is 13.2 Å².